The lowest BCUT2D eigenvalue weighted by Crippen LogP contribution is -1.97. The van der Waals surface area contributed by atoms with Gasteiger partial charge in [-0.3, -0.25) is 4.98 Å². The molecule has 0 aliphatic carbocycles. The van der Waals surface area contributed by atoms with Crippen LogP contribution in [0.15, 0.2) is 35.3 Å². The minimum atomic E-state index is 0.206. The molecule has 0 atom stereocenters. The van der Waals surface area contributed by atoms with Crippen LogP contribution in [0.2, 0.25) is 5.28 Å². The second-order valence-corrected chi connectivity index (χ2v) is 4.14. The Morgan fingerprint density at radius 2 is 2.00 bits per heavy atom. The van der Waals surface area contributed by atoms with E-state index >= 15 is 0 Å². The van der Waals surface area contributed by atoms with E-state index in [1.54, 1.807) is 12.4 Å². The Bertz CT molecular complexity index is 478. The third kappa shape index (κ3) is 2.90. The molecule has 0 aromatic carbocycles. The Morgan fingerprint density at radius 1 is 1.25 bits per heavy atom. The van der Waals surface area contributed by atoms with Crippen molar-refractivity contribution in [3.8, 4) is 5.75 Å². The molecule has 2 aromatic heterocycles. The molecule has 0 aliphatic rings. The SMILES string of the molecule is Clc1ncc(OCc2ccncc2Br)cn1. The van der Waals surface area contributed by atoms with Crippen LogP contribution in [0, 0.1) is 0 Å². The summed E-state index contributed by atoms with van der Waals surface area (Å²) >= 11 is 8.95. The van der Waals surface area contributed by atoms with Crippen LogP contribution >= 0.6 is 27.5 Å². The molecule has 2 heterocycles. The summed E-state index contributed by atoms with van der Waals surface area (Å²) in [4.78, 5) is 11.6. The first-order chi connectivity index (χ1) is 7.75. The van der Waals surface area contributed by atoms with Gasteiger partial charge in [-0.1, -0.05) is 0 Å². The largest absolute Gasteiger partial charge is 0.486 e. The van der Waals surface area contributed by atoms with Gasteiger partial charge in [0.2, 0.25) is 5.28 Å². The van der Waals surface area contributed by atoms with Crippen LogP contribution in [0.1, 0.15) is 5.56 Å². The van der Waals surface area contributed by atoms with Crippen molar-refractivity contribution in [1.29, 1.82) is 0 Å². The monoisotopic (exact) mass is 299 g/mol. The molecule has 0 unspecified atom stereocenters. The van der Waals surface area contributed by atoms with Gasteiger partial charge in [0.15, 0.2) is 5.75 Å². The number of nitrogens with zero attached hydrogens (tertiary/aromatic N) is 3. The quantitative estimate of drug-likeness (QED) is 0.818. The molecule has 0 N–H and O–H groups in total. The number of pyridine rings is 1. The molecule has 16 heavy (non-hydrogen) atoms. The third-order valence-corrected chi connectivity index (χ3v) is 2.76. The number of ether oxygens (including phenoxy) is 1. The molecule has 2 aromatic rings. The molecule has 6 heteroatoms. The normalized spacial score (nSPS) is 10.1. The van der Waals surface area contributed by atoms with Crippen molar-refractivity contribution >= 4 is 27.5 Å². The van der Waals surface area contributed by atoms with Gasteiger partial charge in [0.25, 0.3) is 0 Å². The highest BCUT2D eigenvalue weighted by molar-refractivity contribution is 9.10. The van der Waals surface area contributed by atoms with Crippen LogP contribution in [0.25, 0.3) is 0 Å². The van der Waals surface area contributed by atoms with Gasteiger partial charge in [0, 0.05) is 22.4 Å². The van der Waals surface area contributed by atoms with Gasteiger partial charge < -0.3 is 4.74 Å². The summed E-state index contributed by atoms with van der Waals surface area (Å²) in [6.45, 7) is 0.425. The summed E-state index contributed by atoms with van der Waals surface area (Å²) in [7, 11) is 0. The molecule has 0 spiro atoms. The van der Waals surface area contributed by atoms with Gasteiger partial charge in [0.1, 0.15) is 6.61 Å². The summed E-state index contributed by atoms with van der Waals surface area (Å²) in [6.07, 6.45) is 6.49. The minimum absolute atomic E-state index is 0.206. The van der Waals surface area contributed by atoms with Crippen LogP contribution < -0.4 is 4.74 Å². The van der Waals surface area contributed by atoms with E-state index in [2.05, 4.69) is 30.9 Å². The van der Waals surface area contributed by atoms with Gasteiger partial charge in [-0.2, -0.15) is 0 Å². The van der Waals surface area contributed by atoms with Crippen LogP contribution in [-0.4, -0.2) is 15.0 Å². The first kappa shape index (κ1) is 11.3. The minimum Gasteiger partial charge on any atom is -0.486 e. The van der Waals surface area contributed by atoms with E-state index in [1.165, 1.54) is 12.4 Å². The smallest absolute Gasteiger partial charge is 0.222 e. The van der Waals surface area contributed by atoms with E-state index in [1.807, 2.05) is 6.07 Å². The third-order valence-electron chi connectivity index (χ3n) is 1.85. The number of aromatic nitrogens is 3. The van der Waals surface area contributed by atoms with Crippen molar-refractivity contribution in [3.05, 3.63) is 46.2 Å². The highest BCUT2D eigenvalue weighted by Gasteiger charge is 2.01. The zero-order valence-corrected chi connectivity index (χ0v) is 10.4. The number of hydrogen-bond acceptors (Lipinski definition) is 4. The van der Waals surface area contributed by atoms with Crippen LogP contribution in [0.4, 0.5) is 0 Å². The van der Waals surface area contributed by atoms with Gasteiger partial charge in [-0.05, 0) is 33.6 Å². The van der Waals surface area contributed by atoms with Crippen molar-refractivity contribution in [2.75, 3.05) is 0 Å². The van der Waals surface area contributed by atoms with Crippen LogP contribution in [0.3, 0.4) is 0 Å². The lowest BCUT2D eigenvalue weighted by molar-refractivity contribution is 0.302. The van der Waals surface area contributed by atoms with Gasteiger partial charge in [-0.15, -0.1) is 0 Å². The Hall–Kier alpha value is -1.20. The van der Waals surface area contributed by atoms with E-state index in [9.17, 15) is 0 Å². The molecule has 0 amide bonds. The summed E-state index contributed by atoms with van der Waals surface area (Å²) in [5.74, 6) is 0.577. The average molecular weight is 301 g/mol. The lowest BCUT2D eigenvalue weighted by Gasteiger charge is -2.06. The average Bonchev–Trinajstić information content (AvgIpc) is 2.30. The Balaban J connectivity index is 2.02. The summed E-state index contributed by atoms with van der Waals surface area (Å²) in [6, 6.07) is 1.88. The van der Waals surface area contributed by atoms with Crippen molar-refractivity contribution in [2.45, 2.75) is 6.61 Å². The van der Waals surface area contributed by atoms with Crippen molar-refractivity contribution in [3.63, 3.8) is 0 Å². The molecule has 0 bridgehead atoms. The summed E-state index contributed by atoms with van der Waals surface area (Å²) in [5.41, 5.74) is 1.00. The maximum Gasteiger partial charge on any atom is 0.222 e. The maximum absolute atomic E-state index is 5.56. The fourth-order valence-corrected chi connectivity index (χ4v) is 1.52. The maximum atomic E-state index is 5.56. The highest BCUT2D eigenvalue weighted by atomic mass is 79.9. The second-order valence-electron chi connectivity index (χ2n) is 2.94. The Morgan fingerprint density at radius 3 is 2.69 bits per heavy atom. The van der Waals surface area contributed by atoms with E-state index in [0.29, 0.717) is 12.4 Å². The van der Waals surface area contributed by atoms with Crippen molar-refractivity contribution in [1.82, 2.24) is 15.0 Å². The molecule has 0 aliphatic heterocycles. The summed E-state index contributed by atoms with van der Waals surface area (Å²) in [5, 5.41) is 0.206. The molecular formula is C10H7BrClN3O. The molecular weight excluding hydrogens is 293 g/mol. The predicted molar refractivity (Wildman–Crippen MR) is 63.3 cm³/mol. The second kappa shape index (κ2) is 5.23. The first-order valence-electron chi connectivity index (χ1n) is 4.44. The molecule has 82 valence electrons. The fourth-order valence-electron chi connectivity index (χ4n) is 1.06. The van der Waals surface area contributed by atoms with E-state index < -0.39 is 0 Å². The van der Waals surface area contributed by atoms with Crippen LogP contribution in [-0.2, 0) is 6.61 Å². The number of hydrogen-bond donors (Lipinski definition) is 0. The van der Waals surface area contributed by atoms with Gasteiger partial charge >= 0.3 is 0 Å². The van der Waals surface area contributed by atoms with Crippen molar-refractivity contribution in [2.24, 2.45) is 0 Å². The number of halogens is 2. The fraction of sp³-hybridized carbons (Fsp3) is 0.100. The van der Waals surface area contributed by atoms with E-state index in [-0.39, 0.29) is 5.28 Å². The Labute approximate surface area is 106 Å². The zero-order valence-electron chi connectivity index (χ0n) is 8.10. The van der Waals surface area contributed by atoms with Gasteiger partial charge in [-0.25, -0.2) is 9.97 Å². The van der Waals surface area contributed by atoms with E-state index in [0.717, 1.165) is 10.0 Å². The van der Waals surface area contributed by atoms with Crippen LogP contribution in [0.5, 0.6) is 5.75 Å². The van der Waals surface area contributed by atoms with Crippen molar-refractivity contribution < 1.29 is 4.74 Å². The Kier molecular flexibility index (Phi) is 3.69. The molecule has 0 saturated heterocycles. The molecule has 4 nitrogen and oxygen atoms in total. The molecule has 0 saturated carbocycles. The first-order valence-corrected chi connectivity index (χ1v) is 5.61. The predicted octanol–water partition coefficient (Wildman–Crippen LogP) is 2.87. The number of rotatable bonds is 3. The molecule has 0 radical (unpaired) electrons. The molecule has 2 rings (SSSR count). The highest BCUT2D eigenvalue weighted by Crippen LogP contribution is 2.17. The van der Waals surface area contributed by atoms with E-state index in [4.69, 9.17) is 16.3 Å². The topological polar surface area (TPSA) is 47.9 Å². The lowest BCUT2D eigenvalue weighted by atomic mass is 10.3. The zero-order chi connectivity index (χ0) is 11.4. The summed E-state index contributed by atoms with van der Waals surface area (Å²) < 4.78 is 6.39. The molecule has 0 fully saturated rings. The standard InChI is InChI=1S/C10H7BrClN3O/c11-9-5-13-2-1-7(9)6-16-8-3-14-10(12)15-4-8/h1-5H,6H2. The van der Waals surface area contributed by atoms with Gasteiger partial charge in [0.05, 0.1) is 12.4 Å².